The molecule has 3 aromatic rings. The summed E-state index contributed by atoms with van der Waals surface area (Å²) in [5, 5.41) is 16.8. The van der Waals surface area contributed by atoms with E-state index < -0.39 is 29.3 Å². The van der Waals surface area contributed by atoms with E-state index >= 15 is 0 Å². The highest BCUT2D eigenvalue weighted by Gasteiger charge is 2.32. The number of aliphatic hydroxyl groups is 1. The molecular formula is C31H44N6O5. The zero-order chi connectivity index (χ0) is 30.2. The van der Waals surface area contributed by atoms with Crippen molar-refractivity contribution in [1.29, 1.82) is 0 Å². The lowest BCUT2D eigenvalue weighted by Gasteiger charge is -2.30. The summed E-state index contributed by atoms with van der Waals surface area (Å²) >= 11 is 0. The molecule has 2 atom stereocenters. The number of rotatable bonds is 13. The molecule has 2 amide bonds. The summed E-state index contributed by atoms with van der Waals surface area (Å²) in [6, 6.07) is 8.75. The van der Waals surface area contributed by atoms with Gasteiger partial charge in [-0.15, -0.1) is 0 Å². The summed E-state index contributed by atoms with van der Waals surface area (Å²) in [7, 11) is 3.00. The van der Waals surface area contributed by atoms with Gasteiger partial charge in [0.2, 0.25) is 5.91 Å². The van der Waals surface area contributed by atoms with Crippen molar-refractivity contribution in [2.24, 2.45) is 25.9 Å². The fourth-order valence-corrected chi connectivity index (χ4v) is 5.97. The fourth-order valence-electron chi connectivity index (χ4n) is 5.97. The van der Waals surface area contributed by atoms with Crippen LogP contribution in [0.15, 0.2) is 46.2 Å². The Kier molecular flexibility index (Phi) is 10.7. The van der Waals surface area contributed by atoms with Crippen molar-refractivity contribution in [3.8, 4) is 0 Å². The summed E-state index contributed by atoms with van der Waals surface area (Å²) in [5.41, 5.74) is 0.634. The first-order valence-electron chi connectivity index (χ1n) is 15.1. The number of aryl methyl sites for hydroxylation is 2. The van der Waals surface area contributed by atoms with Gasteiger partial charge in [-0.2, -0.15) is 0 Å². The van der Waals surface area contributed by atoms with Crippen molar-refractivity contribution in [3.05, 3.63) is 63.1 Å². The van der Waals surface area contributed by atoms with Gasteiger partial charge in [0.25, 0.3) is 11.5 Å². The molecule has 0 unspecified atom stereocenters. The summed E-state index contributed by atoms with van der Waals surface area (Å²) in [5.74, 6) is -0.0769. The van der Waals surface area contributed by atoms with Crippen molar-refractivity contribution in [1.82, 2.24) is 29.3 Å². The number of carbonyl (C=O) groups is 2. The summed E-state index contributed by atoms with van der Waals surface area (Å²) < 4.78 is 4.10. The predicted octanol–water partition coefficient (Wildman–Crippen LogP) is 2.02. The summed E-state index contributed by atoms with van der Waals surface area (Å²) in [6.07, 6.45) is 8.26. The minimum Gasteiger partial charge on any atom is -0.381 e. The van der Waals surface area contributed by atoms with Gasteiger partial charge in [-0.05, 0) is 50.0 Å². The zero-order valence-corrected chi connectivity index (χ0v) is 24.9. The minimum absolute atomic E-state index is 0.0968. The lowest BCUT2D eigenvalue weighted by atomic mass is 9.79. The highest BCUT2D eigenvalue weighted by molar-refractivity contribution is 5.84. The van der Waals surface area contributed by atoms with Crippen LogP contribution < -0.4 is 21.9 Å². The monoisotopic (exact) mass is 580 g/mol. The Hall–Kier alpha value is -3.73. The zero-order valence-electron chi connectivity index (χ0n) is 24.9. The highest BCUT2D eigenvalue weighted by atomic mass is 16.3. The normalized spacial score (nSPS) is 18.5. The lowest BCUT2D eigenvalue weighted by molar-refractivity contribution is -0.133. The van der Waals surface area contributed by atoms with Crippen LogP contribution in [-0.2, 0) is 36.6 Å². The lowest BCUT2D eigenvalue weighted by Crippen LogP contribution is -2.53. The van der Waals surface area contributed by atoms with Crippen LogP contribution in [0, 0.1) is 11.8 Å². The van der Waals surface area contributed by atoms with Crippen LogP contribution >= 0.6 is 0 Å². The maximum atomic E-state index is 13.2. The van der Waals surface area contributed by atoms with Crippen molar-refractivity contribution in [3.63, 3.8) is 0 Å². The van der Waals surface area contributed by atoms with Gasteiger partial charge < -0.3 is 20.3 Å². The molecular weight excluding hydrogens is 536 g/mol. The van der Waals surface area contributed by atoms with Crippen LogP contribution in [0.25, 0.3) is 11.2 Å². The first-order chi connectivity index (χ1) is 20.2. The molecule has 228 valence electrons. The topological polar surface area (TPSA) is 140 Å². The average Bonchev–Trinajstić information content (AvgIpc) is 3.44. The minimum atomic E-state index is -1.42. The number of unbranched alkanes of at least 4 members (excludes halogenated alkanes) is 1. The van der Waals surface area contributed by atoms with E-state index in [2.05, 4.69) is 22.5 Å². The SMILES string of the molecule is CCCCC1CCC(C(=O)N[C@@H](Cc2ccccc2)[C@H](O)C(=O)NCCCn2cnc3c(=O)n(C)c(=O)n(C)c32)CC1. The number of nitrogens with one attached hydrogen (secondary N) is 2. The third kappa shape index (κ3) is 7.36. The van der Waals surface area contributed by atoms with E-state index in [1.807, 2.05) is 30.3 Å². The van der Waals surface area contributed by atoms with Crippen LogP contribution in [0.2, 0.25) is 0 Å². The smallest absolute Gasteiger partial charge is 0.332 e. The van der Waals surface area contributed by atoms with Crippen LogP contribution in [0.4, 0.5) is 0 Å². The second kappa shape index (κ2) is 14.4. The second-order valence-electron chi connectivity index (χ2n) is 11.6. The number of carbonyl (C=O) groups excluding carboxylic acids is 2. The molecule has 2 aromatic heterocycles. The summed E-state index contributed by atoms with van der Waals surface area (Å²) in [4.78, 5) is 55.1. The molecule has 1 fully saturated rings. The molecule has 42 heavy (non-hydrogen) atoms. The third-order valence-corrected chi connectivity index (χ3v) is 8.54. The molecule has 0 spiro atoms. The predicted molar refractivity (Wildman–Crippen MR) is 161 cm³/mol. The Balaban J connectivity index is 1.35. The molecule has 11 nitrogen and oxygen atoms in total. The Morgan fingerprint density at radius 1 is 1.05 bits per heavy atom. The summed E-state index contributed by atoms with van der Waals surface area (Å²) in [6.45, 7) is 2.85. The van der Waals surface area contributed by atoms with Crippen molar-refractivity contribution >= 4 is 23.0 Å². The highest BCUT2D eigenvalue weighted by Crippen LogP contribution is 2.32. The first-order valence-corrected chi connectivity index (χ1v) is 15.1. The molecule has 0 bridgehead atoms. The largest absolute Gasteiger partial charge is 0.381 e. The Morgan fingerprint density at radius 3 is 2.45 bits per heavy atom. The number of aliphatic hydroxyl groups excluding tert-OH is 1. The second-order valence-corrected chi connectivity index (χ2v) is 11.6. The molecule has 0 saturated heterocycles. The van der Waals surface area contributed by atoms with Gasteiger partial charge in [-0.25, -0.2) is 9.78 Å². The molecule has 1 aliphatic rings. The van der Waals surface area contributed by atoms with E-state index in [-0.39, 0.29) is 23.9 Å². The van der Waals surface area contributed by atoms with Crippen molar-refractivity contribution in [2.45, 2.75) is 83.4 Å². The van der Waals surface area contributed by atoms with Gasteiger partial charge in [0, 0.05) is 33.1 Å². The van der Waals surface area contributed by atoms with Crippen LogP contribution in [0.1, 0.15) is 63.9 Å². The Bertz CT molecular complexity index is 1470. The molecule has 3 N–H and O–H groups in total. The number of imidazole rings is 1. The van der Waals surface area contributed by atoms with Crippen LogP contribution in [-0.4, -0.2) is 54.3 Å². The van der Waals surface area contributed by atoms with Crippen molar-refractivity contribution in [2.75, 3.05) is 6.54 Å². The number of hydrogen-bond acceptors (Lipinski definition) is 6. The van der Waals surface area contributed by atoms with Gasteiger partial charge in [0.15, 0.2) is 11.6 Å². The van der Waals surface area contributed by atoms with Gasteiger partial charge >= 0.3 is 5.69 Å². The van der Waals surface area contributed by atoms with Crippen LogP contribution in [0.5, 0.6) is 0 Å². The van der Waals surface area contributed by atoms with E-state index in [9.17, 15) is 24.3 Å². The number of amides is 2. The molecule has 11 heteroatoms. The number of hydrogen-bond donors (Lipinski definition) is 3. The van der Waals surface area contributed by atoms with E-state index in [1.54, 1.807) is 11.6 Å². The van der Waals surface area contributed by atoms with Gasteiger partial charge in [0.1, 0.15) is 5.65 Å². The van der Waals surface area contributed by atoms with E-state index in [1.165, 1.54) is 37.2 Å². The third-order valence-electron chi connectivity index (χ3n) is 8.54. The number of aromatic nitrogens is 4. The van der Waals surface area contributed by atoms with Gasteiger partial charge in [-0.3, -0.25) is 23.5 Å². The molecule has 2 heterocycles. The maximum absolute atomic E-state index is 13.2. The van der Waals surface area contributed by atoms with E-state index in [0.717, 1.165) is 35.8 Å². The quantitative estimate of drug-likeness (QED) is 0.264. The number of fused-ring (bicyclic) bond motifs is 1. The molecule has 1 aromatic carbocycles. The van der Waals surface area contributed by atoms with Gasteiger partial charge in [-0.1, -0.05) is 56.5 Å². The molecule has 4 rings (SSSR count). The maximum Gasteiger partial charge on any atom is 0.332 e. The number of nitrogens with zero attached hydrogens (tertiary/aromatic N) is 4. The average molecular weight is 581 g/mol. The van der Waals surface area contributed by atoms with E-state index in [4.69, 9.17) is 0 Å². The Labute approximate surface area is 246 Å². The molecule has 0 radical (unpaired) electrons. The van der Waals surface area contributed by atoms with Gasteiger partial charge in [0.05, 0.1) is 12.4 Å². The van der Waals surface area contributed by atoms with E-state index in [0.29, 0.717) is 31.0 Å². The van der Waals surface area contributed by atoms with Crippen LogP contribution in [0.3, 0.4) is 0 Å². The number of benzene rings is 1. The fraction of sp³-hybridized carbons (Fsp3) is 0.581. The Morgan fingerprint density at radius 2 is 1.76 bits per heavy atom. The first kappa shape index (κ1) is 31.2. The molecule has 1 aliphatic carbocycles. The van der Waals surface area contributed by atoms with Crippen molar-refractivity contribution < 1.29 is 14.7 Å². The molecule has 0 aliphatic heterocycles. The molecule has 1 saturated carbocycles. The standard InChI is InChI=1S/C31H44N6O5/c1-4-5-10-21-13-15-23(16-14-21)27(39)34-24(19-22-11-7-6-8-12-22)26(38)28(40)32-17-9-18-37-20-33-25-29(37)35(2)31(42)36(3)30(25)41/h6-8,11-12,20-21,23-24,26,38H,4-5,9-10,13-19H2,1-3H3,(H,32,40)(H,34,39)/t21?,23?,24-,26-/m0/s1.